The van der Waals surface area contributed by atoms with Crippen molar-refractivity contribution >= 4 is 5.91 Å². The molecule has 196 valence electrons. The second kappa shape index (κ2) is 12.1. The van der Waals surface area contributed by atoms with Crippen LogP contribution in [0.5, 0.6) is 17.2 Å². The van der Waals surface area contributed by atoms with Gasteiger partial charge in [0.1, 0.15) is 23.1 Å². The van der Waals surface area contributed by atoms with Crippen LogP contribution in [0.25, 0.3) is 0 Å². The molecule has 1 aliphatic rings. The van der Waals surface area contributed by atoms with E-state index in [0.29, 0.717) is 13.1 Å². The van der Waals surface area contributed by atoms with Crippen LogP contribution in [-0.2, 0) is 17.9 Å². The molecule has 37 heavy (non-hydrogen) atoms. The van der Waals surface area contributed by atoms with Crippen molar-refractivity contribution in [2.75, 3.05) is 41.0 Å². The molecule has 6 nitrogen and oxygen atoms in total. The van der Waals surface area contributed by atoms with Gasteiger partial charge in [0.05, 0.1) is 21.3 Å². The average molecular weight is 507 g/mol. The molecule has 0 aliphatic carbocycles. The minimum absolute atomic E-state index is 0.00814. The zero-order valence-corrected chi connectivity index (χ0v) is 21.9. The first-order valence-electron chi connectivity index (χ1n) is 12.5. The van der Waals surface area contributed by atoms with Crippen molar-refractivity contribution in [3.8, 4) is 17.2 Å². The van der Waals surface area contributed by atoms with Gasteiger partial charge in [-0.2, -0.15) is 0 Å². The van der Waals surface area contributed by atoms with Gasteiger partial charge >= 0.3 is 0 Å². The molecule has 1 fully saturated rings. The van der Waals surface area contributed by atoms with Gasteiger partial charge in [0, 0.05) is 51.6 Å². The predicted octanol–water partition coefficient (Wildman–Crippen LogP) is 5.12. The van der Waals surface area contributed by atoms with E-state index in [9.17, 15) is 9.18 Å². The van der Waals surface area contributed by atoms with E-state index in [4.69, 9.17) is 14.2 Å². The highest BCUT2D eigenvalue weighted by molar-refractivity contribution is 5.73. The van der Waals surface area contributed by atoms with Gasteiger partial charge in [-0.3, -0.25) is 9.69 Å². The normalized spacial score (nSPS) is 17.4. The topological polar surface area (TPSA) is 51.2 Å². The molecule has 3 aromatic carbocycles. The quantitative estimate of drug-likeness (QED) is 0.382. The Balaban J connectivity index is 1.56. The van der Waals surface area contributed by atoms with E-state index < -0.39 is 0 Å². The first kappa shape index (κ1) is 26.5. The molecule has 0 N–H and O–H groups in total. The summed E-state index contributed by atoms with van der Waals surface area (Å²) in [6, 6.07) is 20.5. The number of hydrogen-bond acceptors (Lipinski definition) is 5. The Labute approximate surface area is 218 Å². The summed E-state index contributed by atoms with van der Waals surface area (Å²) in [5.74, 6) is 2.55. The van der Waals surface area contributed by atoms with Crippen LogP contribution in [-0.4, -0.2) is 56.7 Å². The average Bonchev–Trinajstić information content (AvgIpc) is 3.30. The summed E-state index contributed by atoms with van der Waals surface area (Å²) < 4.78 is 29.7. The fraction of sp³-hybridized carbons (Fsp3) is 0.367. The van der Waals surface area contributed by atoms with Gasteiger partial charge in [-0.05, 0) is 59.0 Å². The van der Waals surface area contributed by atoms with Crippen LogP contribution in [0.1, 0.15) is 29.5 Å². The zero-order chi connectivity index (χ0) is 26.4. The first-order valence-corrected chi connectivity index (χ1v) is 12.5. The number of ether oxygens (including phenoxy) is 3. The van der Waals surface area contributed by atoms with Gasteiger partial charge in [-0.1, -0.05) is 24.3 Å². The Hall–Kier alpha value is -3.58. The van der Waals surface area contributed by atoms with Crippen LogP contribution >= 0.6 is 0 Å². The van der Waals surface area contributed by atoms with E-state index in [1.54, 1.807) is 40.4 Å². The number of rotatable bonds is 10. The van der Waals surface area contributed by atoms with Crippen LogP contribution in [0.3, 0.4) is 0 Å². The number of hydrogen-bond donors (Lipinski definition) is 0. The summed E-state index contributed by atoms with van der Waals surface area (Å²) in [5, 5.41) is 0. The highest BCUT2D eigenvalue weighted by Crippen LogP contribution is 2.36. The van der Waals surface area contributed by atoms with Crippen molar-refractivity contribution in [3.05, 3.63) is 89.2 Å². The van der Waals surface area contributed by atoms with Crippen LogP contribution in [0.2, 0.25) is 0 Å². The van der Waals surface area contributed by atoms with Gasteiger partial charge in [0.15, 0.2) is 0 Å². The first-order chi connectivity index (χ1) is 17.9. The standard InChI is InChI=1S/C30H35FN2O4/c1-21(34)33(17-22-5-9-26(31)10-6-22)19-25-18-32(16-23-13-28(36-3)15-29(14-23)37-4)20-30(25)24-7-11-27(35-2)12-8-24/h5-15,25,30H,16-20H2,1-4H3. The van der Waals surface area contributed by atoms with Gasteiger partial charge < -0.3 is 19.1 Å². The summed E-state index contributed by atoms with van der Waals surface area (Å²) in [6.07, 6.45) is 0. The van der Waals surface area contributed by atoms with Crippen LogP contribution in [0.15, 0.2) is 66.7 Å². The fourth-order valence-corrected chi connectivity index (χ4v) is 5.12. The predicted molar refractivity (Wildman–Crippen MR) is 142 cm³/mol. The minimum Gasteiger partial charge on any atom is -0.497 e. The Kier molecular flexibility index (Phi) is 8.66. The maximum absolute atomic E-state index is 13.4. The molecule has 0 bridgehead atoms. The summed E-state index contributed by atoms with van der Waals surface area (Å²) >= 11 is 0. The largest absolute Gasteiger partial charge is 0.497 e. The van der Waals surface area contributed by atoms with Crippen LogP contribution in [0.4, 0.5) is 4.39 Å². The number of methoxy groups -OCH3 is 3. The second-order valence-electron chi connectivity index (χ2n) is 9.58. The molecule has 4 rings (SSSR count). The van der Waals surface area contributed by atoms with Crippen molar-refractivity contribution in [2.24, 2.45) is 5.92 Å². The molecule has 0 aromatic heterocycles. The van der Waals surface area contributed by atoms with E-state index in [1.165, 1.54) is 17.7 Å². The molecule has 2 unspecified atom stereocenters. The third-order valence-corrected chi connectivity index (χ3v) is 7.06. The van der Waals surface area contributed by atoms with Gasteiger partial charge in [-0.15, -0.1) is 0 Å². The molecule has 0 radical (unpaired) electrons. The fourth-order valence-electron chi connectivity index (χ4n) is 5.12. The summed E-state index contributed by atoms with van der Waals surface area (Å²) in [5.41, 5.74) is 3.25. The molecule has 1 amide bonds. The van der Waals surface area contributed by atoms with E-state index in [-0.39, 0.29) is 23.6 Å². The number of likely N-dealkylation sites (tertiary alicyclic amines) is 1. The van der Waals surface area contributed by atoms with Crippen LogP contribution < -0.4 is 14.2 Å². The van der Waals surface area contributed by atoms with Crippen molar-refractivity contribution in [3.63, 3.8) is 0 Å². The van der Waals surface area contributed by atoms with E-state index >= 15 is 0 Å². The van der Waals surface area contributed by atoms with Crippen molar-refractivity contribution < 1.29 is 23.4 Å². The number of amides is 1. The SMILES string of the molecule is COc1ccc(C2CN(Cc3cc(OC)cc(OC)c3)CC2CN(Cc2ccc(F)cc2)C(C)=O)cc1. The number of benzene rings is 3. The Morgan fingerprint density at radius 3 is 2.05 bits per heavy atom. The molecule has 0 saturated carbocycles. The van der Waals surface area contributed by atoms with E-state index in [0.717, 1.165) is 48.0 Å². The molecule has 3 aromatic rings. The molecule has 7 heteroatoms. The maximum Gasteiger partial charge on any atom is 0.219 e. The molecular weight excluding hydrogens is 471 g/mol. The molecular formula is C30H35FN2O4. The van der Waals surface area contributed by atoms with Gasteiger partial charge in [0.2, 0.25) is 5.91 Å². The monoisotopic (exact) mass is 506 g/mol. The van der Waals surface area contributed by atoms with E-state index in [1.807, 2.05) is 35.2 Å². The molecule has 1 heterocycles. The maximum atomic E-state index is 13.4. The number of halogens is 1. The lowest BCUT2D eigenvalue weighted by Crippen LogP contribution is -2.35. The Morgan fingerprint density at radius 2 is 1.49 bits per heavy atom. The number of carbonyl (C=O) groups excluding carboxylic acids is 1. The van der Waals surface area contributed by atoms with Gasteiger partial charge in [0.25, 0.3) is 0 Å². The summed E-state index contributed by atoms with van der Waals surface area (Å²) in [7, 11) is 4.97. The number of carbonyl (C=O) groups is 1. The smallest absolute Gasteiger partial charge is 0.219 e. The zero-order valence-electron chi connectivity index (χ0n) is 21.9. The molecule has 1 saturated heterocycles. The molecule has 2 atom stereocenters. The minimum atomic E-state index is -0.279. The summed E-state index contributed by atoms with van der Waals surface area (Å²) in [6.45, 7) is 5.11. The van der Waals surface area contributed by atoms with Crippen molar-refractivity contribution in [1.29, 1.82) is 0 Å². The van der Waals surface area contributed by atoms with Crippen molar-refractivity contribution in [1.82, 2.24) is 9.80 Å². The highest BCUT2D eigenvalue weighted by Gasteiger charge is 2.35. The Bertz CT molecular complexity index is 1160. The van der Waals surface area contributed by atoms with Crippen LogP contribution in [0, 0.1) is 11.7 Å². The third-order valence-electron chi connectivity index (χ3n) is 7.06. The third kappa shape index (κ3) is 6.80. The highest BCUT2D eigenvalue weighted by atomic mass is 19.1. The lowest BCUT2D eigenvalue weighted by Gasteiger charge is -2.28. The van der Waals surface area contributed by atoms with E-state index in [2.05, 4.69) is 17.0 Å². The van der Waals surface area contributed by atoms with Gasteiger partial charge in [-0.25, -0.2) is 4.39 Å². The number of nitrogens with zero attached hydrogens (tertiary/aromatic N) is 2. The summed E-state index contributed by atoms with van der Waals surface area (Å²) in [4.78, 5) is 16.9. The second-order valence-corrected chi connectivity index (χ2v) is 9.58. The Morgan fingerprint density at radius 1 is 0.865 bits per heavy atom. The lowest BCUT2D eigenvalue weighted by molar-refractivity contribution is -0.130. The lowest BCUT2D eigenvalue weighted by atomic mass is 9.88. The van der Waals surface area contributed by atoms with Crippen molar-refractivity contribution in [2.45, 2.75) is 25.9 Å². The molecule has 0 spiro atoms. The molecule has 1 aliphatic heterocycles.